The van der Waals surface area contributed by atoms with Crippen molar-refractivity contribution >= 4 is 0 Å². The number of hydrogen-bond acceptors (Lipinski definition) is 3. The Morgan fingerprint density at radius 2 is 1.29 bits per heavy atom. The standard InChI is InChI=1S/C18H22O3/c1-13-5-7-14(8-6-13)9-10-15-11-17(20-3)18(21-4)12-16(15)19-2/h5-8,11-12H,9-10H2,1-4H3. The zero-order valence-electron chi connectivity index (χ0n) is 13.1. The first-order valence-corrected chi connectivity index (χ1v) is 7.02. The van der Waals surface area contributed by atoms with Crippen LogP contribution in [0.15, 0.2) is 36.4 Å². The van der Waals surface area contributed by atoms with E-state index in [1.807, 2.05) is 12.1 Å². The molecule has 0 fully saturated rings. The molecule has 21 heavy (non-hydrogen) atoms. The number of aryl methyl sites for hydroxylation is 3. The van der Waals surface area contributed by atoms with E-state index in [9.17, 15) is 0 Å². The predicted octanol–water partition coefficient (Wildman–Crippen LogP) is 3.81. The Labute approximate surface area is 126 Å². The van der Waals surface area contributed by atoms with Crippen LogP contribution in [-0.4, -0.2) is 21.3 Å². The van der Waals surface area contributed by atoms with Crippen LogP contribution in [0.25, 0.3) is 0 Å². The van der Waals surface area contributed by atoms with Gasteiger partial charge in [-0.2, -0.15) is 0 Å². The maximum Gasteiger partial charge on any atom is 0.164 e. The van der Waals surface area contributed by atoms with Crippen molar-refractivity contribution < 1.29 is 14.2 Å². The first-order chi connectivity index (χ1) is 10.2. The summed E-state index contributed by atoms with van der Waals surface area (Å²) in [5, 5.41) is 0. The van der Waals surface area contributed by atoms with Gasteiger partial charge in [-0.1, -0.05) is 29.8 Å². The fourth-order valence-electron chi connectivity index (χ4n) is 2.32. The molecule has 3 heteroatoms. The first-order valence-electron chi connectivity index (χ1n) is 7.02. The third kappa shape index (κ3) is 3.69. The van der Waals surface area contributed by atoms with Crippen LogP contribution in [0.5, 0.6) is 17.2 Å². The van der Waals surface area contributed by atoms with Crippen LogP contribution in [0.1, 0.15) is 16.7 Å². The van der Waals surface area contributed by atoms with Crippen molar-refractivity contribution in [2.24, 2.45) is 0 Å². The highest BCUT2D eigenvalue weighted by Gasteiger charge is 2.11. The number of methoxy groups -OCH3 is 3. The Bertz CT molecular complexity index is 588. The normalized spacial score (nSPS) is 10.3. The van der Waals surface area contributed by atoms with Crippen LogP contribution in [0.4, 0.5) is 0 Å². The second kappa shape index (κ2) is 7.02. The van der Waals surface area contributed by atoms with E-state index in [0.29, 0.717) is 5.75 Å². The van der Waals surface area contributed by atoms with Gasteiger partial charge in [-0.25, -0.2) is 0 Å². The number of ether oxygens (including phenoxy) is 3. The molecule has 0 atom stereocenters. The van der Waals surface area contributed by atoms with E-state index >= 15 is 0 Å². The van der Waals surface area contributed by atoms with Gasteiger partial charge in [-0.3, -0.25) is 0 Å². The molecule has 0 saturated carbocycles. The van der Waals surface area contributed by atoms with Gasteiger partial charge in [-0.05, 0) is 37.0 Å². The molecule has 0 unspecified atom stereocenters. The van der Waals surface area contributed by atoms with Crippen molar-refractivity contribution in [1.29, 1.82) is 0 Å². The molecule has 2 rings (SSSR count). The molecule has 3 nitrogen and oxygen atoms in total. The van der Waals surface area contributed by atoms with Crippen molar-refractivity contribution in [2.45, 2.75) is 19.8 Å². The monoisotopic (exact) mass is 286 g/mol. The van der Waals surface area contributed by atoms with Crippen molar-refractivity contribution in [3.8, 4) is 17.2 Å². The summed E-state index contributed by atoms with van der Waals surface area (Å²) in [5.41, 5.74) is 3.72. The van der Waals surface area contributed by atoms with E-state index in [4.69, 9.17) is 14.2 Å². The fraction of sp³-hybridized carbons (Fsp3) is 0.333. The minimum absolute atomic E-state index is 0.688. The highest BCUT2D eigenvalue weighted by molar-refractivity contribution is 5.51. The molecule has 0 spiro atoms. The molecule has 0 aliphatic carbocycles. The summed E-state index contributed by atoms with van der Waals surface area (Å²) in [6.45, 7) is 2.10. The van der Waals surface area contributed by atoms with Gasteiger partial charge in [0, 0.05) is 6.07 Å². The van der Waals surface area contributed by atoms with Gasteiger partial charge in [0.1, 0.15) is 5.75 Å². The quantitative estimate of drug-likeness (QED) is 0.808. The lowest BCUT2D eigenvalue weighted by Crippen LogP contribution is -1.99. The summed E-state index contributed by atoms with van der Waals surface area (Å²) in [5.74, 6) is 2.26. The molecule has 0 heterocycles. The lowest BCUT2D eigenvalue weighted by atomic mass is 10.0. The molecule has 0 aromatic heterocycles. The second-order valence-corrected chi connectivity index (χ2v) is 5.00. The van der Waals surface area contributed by atoms with Gasteiger partial charge in [0.15, 0.2) is 11.5 Å². The molecular formula is C18H22O3. The summed E-state index contributed by atoms with van der Waals surface area (Å²) in [6, 6.07) is 12.5. The van der Waals surface area contributed by atoms with E-state index in [0.717, 1.165) is 29.9 Å². The average molecular weight is 286 g/mol. The van der Waals surface area contributed by atoms with Crippen LogP contribution < -0.4 is 14.2 Å². The lowest BCUT2D eigenvalue weighted by Gasteiger charge is -2.14. The van der Waals surface area contributed by atoms with Gasteiger partial charge in [0.05, 0.1) is 21.3 Å². The first kappa shape index (κ1) is 15.2. The maximum atomic E-state index is 5.46. The molecule has 2 aromatic carbocycles. The molecule has 0 radical (unpaired) electrons. The topological polar surface area (TPSA) is 27.7 Å². The summed E-state index contributed by atoms with van der Waals surface area (Å²) in [4.78, 5) is 0. The van der Waals surface area contributed by atoms with Crippen molar-refractivity contribution in [1.82, 2.24) is 0 Å². The van der Waals surface area contributed by atoms with Crippen molar-refractivity contribution in [2.75, 3.05) is 21.3 Å². The van der Waals surface area contributed by atoms with Gasteiger partial charge in [-0.15, -0.1) is 0 Å². The average Bonchev–Trinajstić information content (AvgIpc) is 2.53. The summed E-state index contributed by atoms with van der Waals surface area (Å²) in [7, 11) is 4.95. The Kier molecular flexibility index (Phi) is 5.09. The van der Waals surface area contributed by atoms with E-state index in [1.165, 1.54) is 11.1 Å². The largest absolute Gasteiger partial charge is 0.496 e. The van der Waals surface area contributed by atoms with Crippen molar-refractivity contribution in [3.63, 3.8) is 0 Å². The highest BCUT2D eigenvalue weighted by Crippen LogP contribution is 2.35. The predicted molar refractivity (Wildman–Crippen MR) is 84.7 cm³/mol. The van der Waals surface area contributed by atoms with Gasteiger partial charge < -0.3 is 14.2 Å². The number of hydrogen-bond donors (Lipinski definition) is 0. The van der Waals surface area contributed by atoms with Gasteiger partial charge in [0.25, 0.3) is 0 Å². The van der Waals surface area contributed by atoms with E-state index in [-0.39, 0.29) is 0 Å². The Balaban J connectivity index is 2.20. The highest BCUT2D eigenvalue weighted by atomic mass is 16.5. The third-order valence-electron chi connectivity index (χ3n) is 3.59. The Morgan fingerprint density at radius 1 is 0.714 bits per heavy atom. The molecule has 0 N–H and O–H groups in total. The minimum Gasteiger partial charge on any atom is -0.496 e. The van der Waals surface area contributed by atoms with Crippen molar-refractivity contribution in [3.05, 3.63) is 53.1 Å². The molecule has 2 aromatic rings. The zero-order chi connectivity index (χ0) is 15.2. The molecule has 0 saturated heterocycles. The summed E-state index contributed by atoms with van der Waals surface area (Å²) < 4.78 is 16.1. The third-order valence-corrected chi connectivity index (χ3v) is 3.59. The molecule has 0 amide bonds. The van der Waals surface area contributed by atoms with Gasteiger partial charge in [0.2, 0.25) is 0 Å². The van der Waals surface area contributed by atoms with E-state index in [2.05, 4.69) is 31.2 Å². The Morgan fingerprint density at radius 3 is 1.86 bits per heavy atom. The zero-order valence-corrected chi connectivity index (χ0v) is 13.1. The molecule has 112 valence electrons. The summed E-state index contributed by atoms with van der Waals surface area (Å²) in [6.07, 6.45) is 1.86. The minimum atomic E-state index is 0.688. The van der Waals surface area contributed by atoms with Crippen LogP contribution in [0.3, 0.4) is 0 Å². The van der Waals surface area contributed by atoms with Crippen LogP contribution in [0, 0.1) is 6.92 Å². The van der Waals surface area contributed by atoms with Crippen LogP contribution >= 0.6 is 0 Å². The molecule has 0 aliphatic heterocycles. The van der Waals surface area contributed by atoms with Gasteiger partial charge >= 0.3 is 0 Å². The smallest absolute Gasteiger partial charge is 0.164 e. The number of benzene rings is 2. The Hall–Kier alpha value is -2.16. The molecular weight excluding hydrogens is 264 g/mol. The van der Waals surface area contributed by atoms with E-state index in [1.54, 1.807) is 21.3 Å². The fourth-order valence-corrected chi connectivity index (χ4v) is 2.32. The number of rotatable bonds is 6. The van der Waals surface area contributed by atoms with Crippen LogP contribution in [0.2, 0.25) is 0 Å². The molecule has 0 aliphatic rings. The van der Waals surface area contributed by atoms with E-state index < -0.39 is 0 Å². The lowest BCUT2D eigenvalue weighted by molar-refractivity contribution is 0.347. The summed E-state index contributed by atoms with van der Waals surface area (Å²) >= 11 is 0. The molecule has 0 bridgehead atoms. The second-order valence-electron chi connectivity index (χ2n) is 5.00. The SMILES string of the molecule is COc1cc(OC)c(OC)cc1CCc1ccc(C)cc1. The maximum absolute atomic E-state index is 5.46. The van der Waals surface area contributed by atoms with Crippen LogP contribution in [-0.2, 0) is 12.8 Å².